The van der Waals surface area contributed by atoms with E-state index in [-0.39, 0.29) is 16.3 Å². The number of sulfonamides is 1. The number of hydrogen-bond acceptors (Lipinski definition) is 6. The van der Waals surface area contributed by atoms with E-state index in [0.717, 1.165) is 4.31 Å². The third kappa shape index (κ3) is 6.30. The Morgan fingerprint density at radius 3 is 2.52 bits per heavy atom. The van der Waals surface area contributed by atoms with E-state index in [0.29, 0.717) is 10.6 Å². The molecule has 0 saturated carbocycles. The van der Waals surface area contributed by atoms with Crippen molar-refractivity contribution in [3.05, 3.63) is 83.6 Å². The minimum atomic E-state index is -4.21. The maximum absolute atomic E-state index is 13.5. The molecule has 1 N–H and O–H groups in total. The molecule has 3 rings (SSSR count). The van der Waals surface area contributed by atoms with Crippen LogP contribution in [0.5, 0.6) is 0 Å². The van der Waals surface area contributed by atoms with E-state index in [9.17, 15) is 18.0 Å². The third-order valence-electron chi connectivity index (χ3n) is 4.34. The van der Waals surface area contributed by atoms with Crippen molar-refractivity contribution in [3.8, 4) is 0 Å². The van der Waals surface area contributed by atoms with Crippen LogP contribution in [-0.4, -0.2) is 37.9 Å². The van der Waals surface area contributed by atoms with Crippen LogP contribution in [0, 0.1) is 0 Å². The average Bonchev–Trinajstić information content (AvgIpc) is 2.77. The number of carbonyl (C=O) groups excluding carboxylic acids is 2. The van der Waals surface area contributed by atoms with Crippen molar-refractivity contribution >= 4 is 44.9 Å². The Morgan fingerprint density at radius 1 is 1.09 bits per heavy atom. The van der Waals surface area contributed by atoms with Crippen molar-refractivity contribution in [2.75, 3.05) is 16.2 Å². The topological polar surface area (TPSA) is 106 Å². The van der Waals surface area contributed by atoms with Gasteiger partial charge in [0.25, 0.3) is 15.9 Å². The quantitative estimate of drug-likeness (QED) is 0.479. The molecule has 8 nitrogen and oxygen atoms in total. The number of nitrogens with one attached hydrogen (secondary N) is 1. The van der Waals surface area contributed by atoms with E-state index in [4.69, 9.17) is 16.3 Å². The number of ether oxygens (including phenoxy) is 1. The van der Waals surface area contributed by atoms with Gasteiger partial charge in [-0.3, -0.25) is 18.9 Å². The van der Waals surface area contributed by atoms with Gasteiger partial charge < -0.3 is 10.1 Å². The molecule has 0 radical (unpaired) electrons. The number of nitrogens with zero attached hydrogens (tertiary/aromatic N) is 2. The van der Waals surface area contributed by atoms with Crippen LogP contribution in [0.25, 0.3) is 0 Å². The number of rotatable bonds is 8. The van der Waals surface area contributed by atoms with Gasteiger partial charge in [-0.1, -0.05) is 23.7 Å². The van der Waals surface area contributed by atoms with Gasteiger partial charge in [0, 0.05) is 23.1 Å². The summed E-state index contributed by atoms with van der Waals surface area (Å²) in [5.41, 5.74) is 0.788. The Morgan fingerprint density at radius 2 is 1.85 bits per heavy atom. The second-order valence-electron chi connectivity index (χ2n) is 7.25. The van der Waals surface area contributed by atoms with E-state index < -0.39 is 34.5 Å². The van der Waals surface area contributed by atoms with E-state index in [1.54, 1.807) is 50.4 Å². The second-order valence-corrected chi connectivity index (χ2v) is 9.55. The van der Waals surface area contributed by atoms with Crippen molar-refractivity contribution in [1.82, 2.24) is 4.98 Å². The lowest BCUT2D eigenvalue weighted by Crippen LogP contribution is -2.37. The maximum atomic E-state index is 13.5. The first kappa shape index (κ1) is 24.2. The van der Waals surface area contributed by atoms with Crippen molar-refractivity contribution in [1.29, 1.82) is 0 Å². The van der Waals surface area contributed by atoms with Crippen LogP contribution >= 0.6 is 11.6 Å². The molecule has 0 fully saturated rings. The van der Waals surface area contributed by atoms with Gasteiger partial charge in [0.1, 0.15) is 6.54 Å². The lowest BCUT2D eigenvalue weighted by molar-refractivity contribution is -0.145. The molecule has 0 unspecified atom stereocenters. The summed E-state index contributed by atoms with van der Waals surface area (Å²) in [5.74, 6) is -1.15. The van der Waals surface area contributed by atoms with Gasteiger partial charge in [0.2, 0.25) is 0 Å². The summed E-state index contributed by atoms with van der Waals surface area (Å²) in [6, 6.07) is 15.1. The minimum absolute atomic E-state index is 0.121. The average molecular weight is 488 g/mol. The van der Waals surface area contributed by atoms with E-state index in [1.807, 2.05) is 0 Å². The summed E-state index contributed by atoms with van der Waals surface area (Å²) >= 11 is 6.06. The van der Waals surface area contributed by atoms with Crippen molar-refractivity contribution in [2.24, 2.45) is 0 Å². The molecular weight excluding hydrogens is 466 g/mol. The summed E-state index contributed by atoms with van der Waals surface area (Å²) in [5, 5.41) is 2.96. The Hall–Kier alpha value is -3.43. The van der Waals surface area contributed by atoms with Crippen molar-refractivity contribution < 1.29 is 22.7 Å². The molecular formula is C23H22ClN3O5S. The number of benzene rings is 2. The number of amides is 1. The smallest absolute Gasteiger partial charge is 0.327 e. The summed E-state index contributed by atoms with van der Waals surface area (Å²) in [6.45, 7) is 2.79. The van der Waals surface area contributed by atoms with Gasteiger partial charge in [-0.15, -0.1) is 0 Å². The number of aromatic nitrogens is 1. The lowest BCUT2D eigenvalue weighted by Gasteiger charge is -2.24. The standard InChI is InChI=1S/C23H22ClN3O5S/c1-16(2)32-22(28)15-27(20-9-3-7-18(24)12-20)33(30,31)21-10-4-8-19(13-21)26-23(29)17-6-5-11-25-14-17/h3-14,16H,15H2,1-2H3,(H,26,29). The highest BCUT2D eigenvalue weighted by Crippen LogP contribution is 2.27. The maximum Gasteiger partial charge on any atom is 0.327 e. The third-order valence-corrected chi connectivity index (χ3v) is 6.34. The van der Waals surface area contributed by atoms with Gasteiger partial charge >= 0.3 is 5.97 Å². The molecule has 0 aliphatic heterocycles. The predicted octanol–water partition coefficient (Wildman–Crippen LogP) is 4.13. The Labute approximate surface area is 197 Å². The van der Waals surface area contributed by atoms with Crippen LogP contribution in [0.3, 0.4) is 0 Å². The Kier molecular flexibility index (Phi) is 7.67. The molecule has 0 aliphatic carbocycles. The molecule has 0 spiro atoms. The number of carbonyl (C=O) groups is 2. The SMILES string of the molecule is CC(C)OC(=O)CN(c1cccc(Cl)c1)S(=O)(=O)c1cccc(NC(=O)c2cccnc2)c1. The first-order chi connectivity index (χ1) is 15.7. The number of anilines is 2. The Bertz CT molecular complexity index is 1250. The Balaban J connectivity index is 1.94. The fourth-order valence-electron chi connectivity index (χ4n) is 2.93. The minimum Gasteiger partial charge on any atom is -0.462 e. The van der Waals surface area contributed by atoms with Crippen LogP contribution in [0.4, 0.5) is 11.4 Å². The van der Waals surface area contributed by atoms with E-state index in [1.165, 1.54) is 36.5 Å². The van der Waals surface area contributed by atoms with Crippen molar-refractivity contribution in [3.63, 3.8) is 0 Å². The molecule has 33 heavy (non-hydrogen) atoms. The normalized spacial score (nSPS) is 11.2. The summed E-state index contributed by atoms with van der Waals surface area (Å²) in [7, 11) is -4.21. The molecule has 172 valence electrons. The number of hydrogen-bond donors (Lipinski definition) is 1. The predicted molar refractivity (Wildman–Crippen MR) is 126 cm³/mol. The first-order valence-electron chi connectivity index (χ1n) is 9.96. The van der Waals surface area contributed by atoms with Crippen LogP contribution in [0.2, 0.25) is 5.02 Å². The molecule has 1 aromatic heterocycles. The summed E-state index contributed by atoms with van der Waals surface area (Å²) < 4.78 is 33.1. The molecule has 3 aromatic rings. The molecule has 1 amide bonds. The summed E-state index contributed by atoms with van der Waals surface area (Å²) in [6.07, 6.45) is 2.53. The zero-order chi connectivity index (χ0) is 24.0. The largest absolute Gasteiger partial charge is 0.462 e. The zero-order valence-corrected chi connectivity index (χ0v) is 19.5. The molecule has 0 atom stereocenters. The molecule has 2 aromatic carbocycles. The van der Waals surface area contributed by atoms with E-state index in [2.05, 4.69) is 10.3 Å². The molecule has 0 saturated heterocycles. The highest BCUT2D eigenvalue weighted by atomic mass is 35.5. The zero-order valence-electron chi connectivity index (χ0n) is 17.9. The van der Waals surface area contributed by atoms with Crippen LogP contribution < -0.4 is 9.62 Å². The first-order valence-corrected chi connectivity index (χ1v) is 11.8. The molecule has 0 aliphatic rings. The highest BCUT2D eigenvalue weighted by molar-refractivity contribution is 7.92. The van der Waals surface area contributed by atoms with Gasteiger partial charge in [-0.25, -0.2) is 8.42 Å². The fraction of sp³-hybridized carbons (Fsp3) is 0.174. The molecule has 1 heterocycles. The van der Waals surface area contributed by atoms with Gasteiger partial charge in [0.05, 0.1) is 22.3 Å². The highest BCUT2D eigenvalue weighted by Gasteiger charge is 2.28. The van der Waals surface area contributed by atoms with Gasteiger partial charge in [-0.05, 0) is 62.4 Å². The number of pyridine rings is 1. The molecule has 0 bridgehead atoms. The lowest BCUT2D eigenvalue weighted by atomic mass is 10.2. The summed E-state index contributed by atoms with van der Waals surface area (Å²) in [4.78, 5) is 28.6. The number of esters is 1. The molecule has 10 heteroatoms. The van der Waals surface area contributed by atoms with Crippen LogP contribution in [-0.2, 0) is 19.6 Å². The van der Waals surface area contributed by atoms with Crippen LogP contribution in [0.1, 0.15) is 24.2 Å². The van der Waals surface area contributed by atoms with E-state index >= 15 is 0 Å². The fourth-order valence-corrected chi connectivity index (χ4v) is 4.56. The monoisotopic (exact) mass is 487 g/mol. The van der Waals surface area contributed by atoms with Crippen LogP contribution in [0.15, 0.2) is 78.0 Å². The van der Waals surface area contributed by atoms with Gasteiger partial charge in [-0.2, -0.15) is 0 Å². The number of halogens is 1. The second kappa shape index (κ2) is 10.5. The van der Waals surface area contributed by atoms with Crippen molar-refractivity contribution in [2.45, 2.75) is 24.8 Å². The van der Waals surface area contributed by atoms with Gasteiger partial charge in [0.15, 0.2) is 0 Å².